The Bertz CT molecular complexity index is 578. The molecule has 18 heavy (non-hydrogen) atoms. The van der Waals surface area contributed by atoms with Crippen LogP contribution in [0.25, 0.3) is 11.0 Å². The van der Waals surface area contributed by atoms with E-state index in [1.165, 1.54) is 0 Å². The molecule has 1 aromatic heterocycles. The molecule has 0 aliphatic heterocycles. The molecule has 2 aromatic rings. The van der Waals surface area contributed by atoms with E-state index < -0.39 is 5.97 Å². The number of benzene rings is 1. The summed E-state index contributed by atoms with van der Waals surface area (Å²) in [6.45, 7) is 1.85. The second kappa shape index (κ2) is 5.26. The number of nitrogens with one attached hydrogen (secondary N) is 2. The number of amides is 1. The molecule has 0 spiro atoms. The van der Waals surface area contributed by atoms with Crippen molar-refractivity contribution in [1.82, 2.24) is 20.7 Å². The molecule has 94 valence electrons. The lowest BCUT2D eigenvalue weighted by molar-refractivity contribution is -0.141. The lowest BCUT2D eigenvalue weighted by atomic mass is 10.2. The van der Waals surface area contributed by atoms with Crippen molar-refractivity contribution < 1.29 is 14.3 Å². The first-order valence-electron chi connectivity index (χ1n) is 5.45. The van der Waals surface area contributed by atoms with Crippen LogP contribution < -0.4 is 5.32 Å². The number of esters is 1. The molecular formula is C11H12N4O3. The summed E-state index contributed by atoms with van der Waals surface area (Å²) in [6, 6.07) is 4.89. The Balaban J connectivity index is 2.02. The molecule has 2 N–H and O–H groups in total. The SMILES string of the molecule is CCOC(=O)CNC(=O)c1ccc2n[nH]nc2c1. The number of hydrogen-bond acceptors (Lipinski definition) is 5. The Morgan fingerprint density at radius 2 is 2.11 bits per heavy atom. The first-order valence-corrected chi connectivity index (χ1v) is 5.45. The number of aromatic nitrogens is 3. The summed E-state index contributed by atoms with van der Waals surface area (Å²) in [4.78, 5) is 22.8. The number of fused-ring (bicyclic) bond motifs is 1. The molecule has 1 aromatic carbocycles. The first kappa shape index (κ1) is 12.0. The summed E-state index contributed by atoms with van der Waals surface area (Å²) in [6.07, 6.45) is 0. The van der Waals surface area contributed by atoms with Crippen LogP contribution in [0.4, 0.5) is 0 Å². The Kier molecular flexibility index (Phi) is 3.52. The summed E-state index contributed by atoms with van der Waals surface area (Å²) in [5, 5.41) is 12.7. The van der Waals surface area contributed by atoms with Crippen LogP contribution in [0, 0.1) is 0 Å². The monoisotopic (exact) mass is 248 g/mol. The Morgan fingerprint density at radius 3 is 2.89 bits per heavy atom. The van der Waals surface area contributed by atoms with Crippen LogP contribution >= 0.6 is 0 Å². The van der Waals surface area contributed by atoms with Gasteiger partial charge in [-0.05, 0) is 25.1 Å². The van der Waals surface area contributed by atoms with E-state index in [-0.39, 0.29) is 12.5 Å². The van der Waals surface area contributed by atoms with Gasteiger partial charge in [-0.2, -0.15) is 15.4 Å². The molecule has 1 amide bonds. The van der Waals surface area contributed by atoms with Gasteiger partial charge in [0.1, 0.15) is 17.6 Å². The Hall–Kier alpha value is -2.44. The van der Waals surface area contributed by atoms with Crippen molar-refractivity contribution in [2.75, 3.05) is 13.2 Å². The number of H-pyrrole nitrogens is 1. The summed E-state index contributed by atoms with van der Waals surface area (Å²) in [7, 11) is 0. The summed E-state index contributed by atoms with van der Waals surface area (Å²) in [5.41, 5.74) is 1.69. The molecule has 7 nitrogen and oxygen atoms in total. The van der Waals surface area contributed by atoms with Crippen LogP contribution in [-0.4, -0.2) is 40.4 Å². The summed E-state index contributed by atoms with van der Waals surface area (Å²) in [5.74, 6) is -0.818. The van der Waals surface area contributed by atoms with Crippen molar-refractivity contribution in [3.63, 3.8) is 0 Å². The van der Waals surface area contributed by atoms with Gasteiger partial charge in [0.05, 0.1) is 6.61 Å². The van der Waals surface area contributed by atoms with Gasteiger partial charge in [-0.15, -0.1) is 0 Å². The summed E-state index contributed by atoms with van der Waals surface area (Å²) >= 11 is 0. The summed E-state index contributed by atoms with van der Waals surface area (Å²) < 4.78 is 4.70. The van der Waals surface area contributed by atoms with Crippen LogP contribution in [0.3, 0.4) is 0 Å². The van der Waals surface area contributed by atoms with Gasteiger partial charge in [0.15, 0.2) is 0 Å². The van der Waals surface area contributed by atoms with Gasteiger partial charge in [-0.25, -0.2) is 0 Å². The van der Waals surface area contributed by atoms with E-state index in [9.17, 15) is 9.59 Å². The maximum absolute atomic E-state index is 11.7. The highest BCUT2D eigenvalue weighted by molar-refractivity contribution is 5.98. The highest BCUT2D eigenvalue weighted by Gasteiger charge is 2.10. The maximum atomic E-state index is 11.7. The molecule has 0 fully saturated rings. The molecule has 7 heteroatoms. The third-order valence-electron chi connectivity index (χ3n) is 2.28. The topological polar surface area (TPSA) is 97.0 Å². The zero-order valence-electron chi connectivity index (χ0n) is 9.77. The van der Waals surface area contributed by atoms with Crippen molar-refractivity contribution >= 4 is 22.9 Å². The zero-order chi connectivity index (χ0) is 13.0. The fourth-order valence-electron chi connectivity index (χ4n) is 1.45. The number of carbonyl (C=O) groups is 2. The molecule has 0 aliphatic carbocycles. The lowest BCUT2D eigenvalue weighted by Crippen LogP contribution is -2.30. The number of aromatic amines is 1. The molecule has 0 atom stereocenters. The van der Waals surface area contributed by atoms with Gasteiger partial charge in [0.25, 0.3) is 5.91 Å². The van der Waals surface area contributed by atoms with E-state index in [0.717, 1.165) is 0 Å². The normalized spacial score (nSPS) is 10.3. The second-order valence-electron chi connectivity index (χ2n) is 3.51. The highest BCUT2D eigenvalue weighted by Crippen LogP contribution is 2.10. The van der Waals surface area contributed by atoms with Crippen molar-refractivity contribution in [2.45, 2.75) is 6.92 Å². The van der Waals surface area contributed by atoms with Gasteiger partial charge in [0, 0.05) is 5.56 Å². The van der Waals surface area contributed by atoms with Crippen LogP contribution in [0.1, 0.15) is 17.3 Å². The molecule has 0 saturated heterocycles. The van der Waals surface area contributed by atoms with Crippen LogP contribution in [0.2, 0.25) is 0 Å². The third kappa shape index (κ3) is 2.62. The molecule has 1 heterocycles. The van der Waals surface area contributed by atoms with Crippen LogP contribution in [-0.2, 0) is 9.53 Å². The fourth-order valence-corrected chi connectivity index (χ4v) is 1.45. The predicted octanol–water partition coefficient (Wildman–Crippen LogP) is 0.251. The van der Waals surface area contributed by atoms with Crippen molar-refractivity contribution in [3.05, 3.63) is 23.8 Å². The van der Waals surface area contributed by atoms with E-state index in [1.807, 2.05) is 0 Å². The molecule has 0 bridgehead atoms. The number of rotatable bonds is 4. The minimum atomic E-state index is -0.464. The minimum Gasteiger partial charge on any atom is -0.465 e. The Labute approximate surface area is 103 Å². The van der Waals surface area contributed by atoms with E-state index >= 15 is 0 Å². The Morgan fingerprint density at radius 1 is 1.33 bits per heavy atom. The highest BCUT2D eigenvalue weighted by atomic mass is 16.5. The lowest BCUT2D eigenvalue weighted by Gasteiger charge is -2.04. The minimum absolute atomic E-state index is 0.149. The maximum Gasteiger partial charge on any atom is 0.325 e. The molecule has 0 radical (unpaired) electrons. The van der Waals surface area contributed by atoms with Crippen LogP contribution in [0.15, 0.2) is 18.2 Å². The number of hydrogen-bond donors (Lipinski definition) is 2. The zero-order valence-corrected chi connectivity index (χ0v) is 9.77. The van der Waals surface area contributed by atoms with Crippen LogP contribution in [0.5, 0.6) is 0 Å². The fraction of sp³-hybridized carbons (Fsp3) is 0.273. The number of carbonyl (C=O) groups excluding carboxylic acids is 2. The van der Waals surface area contributed by atoms with Gasteiger partial charge >= 0.3 is 5.97 Å². The molecular weight excluding hydrogens is 236 g/mol. The first-order chi connectivity index (χ1) is 8.70. The van der Waals surface area contributed by atoms with Gasteiger partial charge in [-0.3, -0.25) is 9.59 Å². The van der Waals surface area contributed by atoms with E-state index in [1.54, 1.807) is 25.1 Å². The third-order valence-corrected chi connectivity index (χ3v) is 2.28. The van der Waals surface area contributed by atoms with Gasteiger partial charge < -0.3 is 10.1 Å². The second-order valence-corrected chi connectivity index (χ2v) is 3.51. The van der Waals surface area contributed by atoms with Gasteiger partial charge in [-0.1, -0.05) is 0 Å². The molecule has 0 saturated carbocycles. The standard InChI is InChI=1S/C11H12N4O3/c1-2-18-10(16)6-12-11(17)7-3-4-8-9(5-7)14-15-13-8/h3-5H,2,6H2,1H3,(H,12,17)(H,13,14,15). The average molecular weight is 248 g/mol. The smallest absolute Gasteiger partial charge is 0.325 e. The molecule has 2 rings (SSSR count). The van der Waals surface area contributed by atoms with Crippen molar-refractivity contribution in [2.24, 2.45) is 0 Å². The van der Waals surface area contributed by atoms with E-state index in [0.29, 0.717) is 23.2 Å². The van der Waals surface area contributed by atoms with E-state index in [2.05, 4.69) is 20.7 Å². The molecule has 0 unspecified atom stereocenters. The largest absolute Gasteiger partial charge is 0.465 e. The number of nitrogens with zero attached hydrogens (tertiary/aromatic N) is 2. The average Bonchev–Trinajstić information content (AvgIpc) is 2.83. The molecule has 0 aliphatic rings. The predicted molar refractivity (Wildman–Crippen MR) is 62.9 cm³/mol. The van der Waals surface area contributed by atoms with E-state index in [4.69, 9.17) is 4.74 Å². The quantitative estimate of drug-likeness (QED) is 0.756. The number of ether oxygens (including phenoxy) is 1. The van der Waals surface area contributed by atoms with Crippen molar-refractivity contribution in [3.8, 4) is 0 Å². The van der Waals surface area contributed by atoms with Gasteiger partial charge in [0.2, 0.25) is 0 Å². The van der Waals surface area contributed by atoms with Crippen molar-refractivity contribution in [1.29, 1.82) is 0 Å².